The molecule has 3 rings (SSSR count). The number of carbonyl (C=O) groups is 1. The molecule has 1 aliphatic heterocycles. The Morgan fingerprint density at radius 1 is 1.32 bits per heavy atom. The number of hydrogen-bond donors (Lipinski definition) is 1. The Morgan fingerprint density at radius 2 is 2.08 bits per heavy atom. The number of piperazine rings is 1. The van der Waals surface area contributed by atoms with Crippen LogP contribution in [0.5, 0.6) is 0 Å². The fourth-order valence-corrected chi connectivity index (χ4v) is 3.84. The molecule has 0 spiro atoms. The van der Waals surface area contributed by atoms with Crippen LogP contribution in [0.2, 0.25) is 5.02 Å². The van der Waals surface area contributed by atoms with Gasteiger partial charge in [-0.05, 0) is 36.6 Å². The van der Waals surface area contributed by atoms with E-state index in [0.717, 1.165) is 36.9 Å². The molecule has 1 aliphatic rings. The summed E-state index contributed by atoms with van der Waals surface area (Å²) in [6.07, 6.45) is 0. The van der Waals surface area contributed by atoms with Gasteiger partial charge in [-0.25, -0.2) is 0 Å². The molecule has 0 unspecified atom stereocenters. The molecule has 25 heavy (non-hydrogen) atoms. The average molecular weight is 375 g/mol. The van der Waals surface area contributed by atoms with Gasteiger partial charge in [0.15, 0.2) is 0 Å². The zero-order valence-electron chi connectivity index (χ0n) is 13.9. The summed E-state index contributed by atoms with van der Waals surface area (Å²) < 4.78 is 0. The van der Waals surface area contributed by atoms with Crippen LogP contribution in [0.1, 0.15) is 12.5 Å². The van der Waals surface area contributed by atoms with Crippen LogP contribution in [0, 0.1) is 11.3 Å². The highest BCUT2D eigenvalue weighted by Gasteiger charge is 2.26. The predicted molar refractivity (Wildman–Crippen MR) is 102 cm³/mol. The van der Waals surface area contributed by atoms with Crippen LogP contribution in [-0.4, -0.2) is 43.0 Å². The van der Waals surface area contributed by atoms with E-state index in [1.807, 2.05) is 30.5 Å². The second-order valence-electron chi connectivity index (χ2n) is 5.94. The van der Waals surface area contributed by atoms with Gasteiger partial charge in [0.25, 0.3) is 0 Å². The Hall–Kier alpha value is -2.07. The van der Waals surface area contributed by atoms with Gasteiger partial charge in [0, 0.05) is 36.9 Å². The third-order valence-electron chi connectivity index (χ3n) is 4.44. The minimum Gasteiger partial charge on any atom is -0.369 e. The molecular weight excluding hydrogens is 356 g/mol. The van der Waals surface area contributed by atoms with Crippen molar-refractivity contribution in [3.8, 4) is 6.07 Å². The second kappa shape index (κ2) is 7.87. The van der Waals surface area contributed by atoms with E-state index in [1.165, 1.54) is 11.3 Å². The first kappa shape index (κ1) is 17.7. The lowest BCUT2D eigenvalue weighted by Crippen LogP contribution is -2.52. The molecule has 7 heteroatoms. The van der Waals surface area contributed by atoms with Gasteiger partial charge >= 0.3 is 0 Å². The van der Waals surface area contributed by atoms with Gasteiger partial charge in [-0.3, -0.25) is 9.69 Å². The Morgan fingerprint density at radius 3 is 2.76 bits per heavy atom. The molecule has 2 aromatic rings. The number of amides is 1. The number of benzene rings is 1. The molecule has 1 N–H and O–H groups in total. The lowest BCUT2D eigenvalue weighted by atomic mass is 10.2. The maximum absolute atomic E-state index is 12.5. The van der Waals surface area contributed by atoms with E-state index < -0.39 is 0 Å². The molecule has 1 fully saturated rings. The molecule has 1 saturated heterocycles. The molecule has 0 aliphatic carbocycles. The molecule has 0 bridgehead atoms. The van der Waals surface area contributed by atoms with Crippen molar-refractivity contribution in [3.05, 3.63) is 46.3 Å². The number of rotatable bonds is 4. The standard InChI is InChI=1S/C18H19ClN4OS/c1-13(17(24)21-18-14(12-20)5-10-25-18)22-6-8-23(9-7-22)16-4-2-3-15(19)11-16/h2-5,10-11,13H,6-9H2,1H3,(H,21,24)/t13-/m0/s1. The van der Waals surface area contributed by atoms with E-state index in [-0.39, 0.29) is 11.9 Å². The van der Waals surface area contributed by atoms with Crippen molar-refractivity contribution in [1.29, 1.82) is 5.26 Å². The van der Waals surface area contributed by atoms with Gasteiger partial charge in [0.1, 0.15) is 11.1 Å². The summed E-state index contributed by atoms with van der Waals surface area (Å²) in [5.41, 5.74) is 1.62. The number of anilines is 2. The fourth-order valence-electron chi connectivity index (χ4n) is 2.92. The van der Waals surface area contributed by atoms with Crippen molar-refractivity contribution in [2.75, 3.05) is 36.4 Å². The first-order chi connectivity index (χ1) is 12.1. The highest BCUT2D eigenvalue weighted by atomic mass is 35.5. The Kier molecular flexibility index (Phi) is 5.59. The Labute approximate surface area is 156 Å². The van der Waals surface area contributed by atoms with E-state index in [0.29, 0.717) is 10.6 Å². The van der Waals surface area contributed by atoms with Crippen LogP contribution in [-0.2, 0) is 4.79 Å². The normalized spacial score (nSPS) is 16.3. The number of hydrogen-bond acceptors (Lipinski definition) is 5. The number of nitrogens with one attached hydrogen (secondary N) is 1. The van der Waals surface area contributed by atoms with Crippen LogP contribution in [0.4, 0.5) is 10.7 Å². The van der Waals surface area contributed by atoms with E-state index in [1.54, 1.807) is 6.07 Å². The molecule has 0 radical (unpaired) electrons. The zero-order chi connectivity index (χ0) is 17.8. The minimum absolute atomic E-state index is 0.0739. The lowest BCUT2D eigenvalue weighted by Gasteiger charge is -2.38. The SMILES string of the molecule is C[C@@H](C(=O)Nc1sccc1C#N)N1CCN(c2cccc(Cl)c2)CC1. The van der Waals surface area contributed by atoms with Gasteiger partial charge in [-0.15, -0.1) is 11.3 Å². The van der Waals surface area contributed by atoms with E-state index in [4.69, 9.17) is 16.9 Å². The number of thiophene rings is 1. The number of nitrogens with zero attached hydrogens (tertiary/aromatic N) is 3. The summed E-state index contributed by atoms with van der Waals surface area (Å²) in [5, 5.41) is 15.1. The minimum atomic E-state index is -0.241. The summed E-state index contributed by atoms with van der Waals surface area (Å²) in [4.78, 5) is 16.9. The highest BCUT2D eigenvalue weighted by molar-refractivity contribution is 7.14. The van der Waals surface area contributed by atoms with Crippen molar-refractivity contribution in [1.82, 2.24) is 4.90 Å². The highest BCUT2D eigenvalue weighted by Crippen LogP contribution is 2.24. The van der Waals surface area contributed by atoms with Crippen LogP contribution in [0.15, 0.2) is 35.7 Å². The van der Waals surface area contributed by atoms with Crippen molar-refractivity contribution in [3.63, 3.8) is 0 Å². The van der Waals surface area contributed by atoms with Crippen LogP contribution in [0.25, 0.3) is 0 Å². The number of halogens is 1. The number of nitriles is 1. The monoisotopic (exact) mass is 374 g/mol. The molecule has 5 nitrogen and oxygen atoms in total. The Balaban J connectivity index is 1.57. The molecule has 1 aromatic heterocycles. The third-order valence-corrected chi connectivity index (χ3v) is 5.50. The summed E-state index contributed by atoms with van der Waals surface area (Å²) in [5.74, 6) is -0.0739. The molecule has 1 aromatic carbocycles. The van der Waals surface area contributed by atoms with Crippen molar-refractivity contribution >= 4 is 39.5 Å². The smallest absolute Gasteiger partial charge is 0.242 e. The second-order valence-corrected chi connectivity index (χ2v) is 7.30. The third kappa shape index (κ3) is 4.13. The van der Waals surface area contributed by atoms with Crippen LogP contribution < -0.4 is 10.2 Å². The average Bonchev–Trinajstić information content (AvgIpc) is 3.08. The first-order valence-electron chi connectivity index (χ1n) is 8.11. The van der Waals surface area contributed by atoms with Gasteiger partial charge in [-0.1, -0.05) is 17.7 Å². The maximum atomic E-state index is 12.5. The molecule has 2 heterocycles. The van der Waals surface area contributed by atoms with Gasteiger partial charge in [0.2, 0.25) is 5.91 Å². The van der Waals surface area contributed by atoms with E-state index in [2.05, 4.69) is 27.3 Å². The van der Waals surface area contributed by atoms with E-state index in [9.17, 15) is 4.79 Å². The van der Waals surface area contributed by atoms with Gasteiger partial charge in [0.05, 0.1) is 11.6 Å². The predicted octanol–water partition coefficient (Wildman–Crippen LogP) is 3.42. The molecule has 1 atom stereocenters. The van der Waals surface area contributed by atoms with Crippen LogP contribution >= 0.6 is 22.9 Å². The Bertz CT molecular complexity index is 792. The van der Waals surface area contributed by atoms with Crippen molar-refractivity contribution < 1.29 is 4.79 Å². The summed E-state index contributed by atoms with van der Waals surface area (Å²) >= 11 is 7.44. The molecule has 0 saturated carbocycles. The fraction of sp³-hybridized carbons (Fsp3) is 0.333. The topological polar surface area (TPSA) is 59.4 Å². The molecular formula is C18H19ClN4OS. The molecule has 130 valence electrons. The first-order valence-corrected chi connectivity index (χ1v) is 9.37. The molecule has 1 amide bonds. The summed E-state index contributed by atoms with van der Waals surface area (Å²) in [7, 11) is 0. The van der Waals surface area contributed by atoms with Crippen molar-refractivity contribution in [2.45, 2.75) is 13.0 Å². The quantitative estimate of drug-likeness (QED) is 0.890. The summed E-state index contributed by atoms with van der Waals surface area (Å²) in [6.45, 7) is 5.21. The van der Waals surface area contributed by atoms with Gasteiger partial charge in [-0.2, -0.15) is 5.26 Å². The van der Waals surface area contributed by atoms with E-state index >= 15 is 0 Å². The van der Waals surface area contributed by atoms with Gasteiger partial charge < -0.3 is 10.2 Å². The van der Waals surface area contributed by atoms with Crippen LogP contribution in [0.3, 0.4) is 0 Å². The zero-order valence-corrected chi connectivity index (χ0v) is 15.5. The summed E-state index contributed by atoms with van der Waals surface area (Å²) in [6, 6.07) is 11.4. The largest absolute Gasteiger partial charge is 0.369 e. The number of carbonyl (C=O) groups excluding carboxylic acids is 1. The lowest BCUT2D eigenvalue weighted by molar-refractivity contribution is -0.120. The van der Waals surface area contributed by atoms with Crippen molar-refractivity contribution in [2.24, 2.45) is 0 Å². The maximum Gasteiger partial charge on any atom is 0.242 e.